The molecule has 3 unspecified atom stereocenters. The van der Waals surface area contributed by atoms with Crippen molar-refractivity contribution in [1.82, 2.24) is 9.78 Å². The number of fused-ring (bicyclic) bond motifs is 3. The summed E-state index contributed by atoms with van der Waals surface area (Å²) in [4.78, 5) is 0. The predicted octanol–water partition coefficient (Wildman–Crippen LogP) is 5.21. The van der Waals surface area contributed by atoms with Crippen LogP contribution < -0.4 is 0 Å². The molecule has 0 radical (unpaired) electrons. The van der Waals surface area contributed by atoms with Gasteiger partial charge >= 0.3 is 0 Å². The molecule has 3 aromatic rings. The summed E-state index contributed by atoms with van der Waals surface area (Å²) in [6.07, 6.45) is 10.2. The number of alkyl halides is 1. The maximum absolute atomic E-state index is 15.5. The van der Waals surface area contributed by atoms with E-state index in [0.717, 1.165) is 23.2 Å². The molecule has 0 bridgehead atoms. The van der Waals surface area contributed by atoms with Crippen LogP contribution >= 0.6 is 18.5 Å². The van der Waals surface area contributed by atoms with Gasteiger partial charge in [0.25, 0.3) is 0 Å². The molecule has 0 aliphatic heterocycles. The molecule has 2 N–H and O–H groups in total. The third-order valence-electron chi connectivity index (χ3n) is 7.06. The van der Waals surface area contributed by atoms with Crippen molar-refractivity contribution in [2.45, 2.75) is 56.0 Å². The Morgan fingerprint density at radius 1 is 1.09 bits per heavy atom. The highest BCUT2D eigenvalue weighted by molar-refractivity contribution is 7.39. The Morgan fingerprint density at radius 2 is 1.84 bits per heavy atom. The molecule has 1 heterocycles. The van der Waals surface area contributed by atoms with Gasteiger partial charge in [-0.1, -0.05) is 62.0 Å². The van der Waals surface area contributed by atoms with Crippen LogP contribution in [0.2, 0.25) is 0 Å². The average molecular weight is 470 g/mol. The zero-order valence-corrected chi connectivity index (χ0v) is 20.3. The molecule has 4 nitrogen and oxygen atoms in total. The van der Waals surface area contributed by atoms with Crippen molar-refractivity contribution >= 4 is 18.5 Å². The second-order valence-electron chi connectivity index (χ2n) is 9.20. The lowest BCUT2D eigenvalue weighted by atomic mass is 9.89. The fourth-order valence-corrected chi connectivity index (χ4v) is 6.04. The normalized spacial score (nSPS) is 20.9. The Balaban J connectivity index is 1.59. The van der Waals surface area contributed by atoms with Crippen molar-refractivity contribution in [3.63, 3.8) is 0 Å². The first-order valence-electron chi connectivity index (χ1n) is 11.2. The number of nitrogens with zero attached hydrogens (tertiary/aromatic N) is 2. The second kappa shape index (κ2) is 8.29. The highest BCUT2D eigenvalue weighted by Crippen LogP contribution is 2.59. The molecule has 3 atom stereocenters. The van der Waals surface area contributed by atoms with Gasteiger partial charge in [0.15, 0.2) is 10.8 Å². The first-order chi connectivity index (χ1) is 15.3. The van der Waals surface area contributed by atoms with E-state index in [-0.39, 0.29) is 6.61 Å². The number of aliphatic hydroxyl groups excluding tert-OH is 1. The van der Waals surface area contributed by atoms with Crippen LogP contribution in [0.25, 0.3) is 22.3 Å². The van der Waals surface area contributed by atoms with Gasteiger partial charge in [-0.3, -0.25) is 4.68 Å². The van der Waals surface area contributed by atoms with E-state index in [1.165, 1.54) is 32.1 Å². The molecule has 5 rings (SSSR count). The van der Waals surface area contributed by atoms with Crippen LogP contribution in [0, 0.1) is 5.92 Å². The fourth-order valence-electron chi connectivity index (χ4n) is 5.42. The third-order valence-corrected chi connectivity index (χ3v) is 7.89. The lowest BCUT2D eigenvalue weighted by Gasteiger charge is -2.35. The van der Waals surface area contributed by atoms with Crippen LogP contribution in [-0.4, -0.2) is 25.1 Å². The highest BCUT2D eigenvalue weighted by atomic mass is 31.1. The lowest BCUT2D eigenvalue weighted by Crippen LogP contribution is -2.39. The molecule has 1 aromatic heterocycles. The number of hydrogen-bond donors (Lipinski definition) is 2. The van der Waals surface area contributed by atoms with Gasteiger partial charge in [0.1, 0.15) is 0 Å². The van der Waals surface area contributed by atoms with Crippen molar-refractivity contribution < 1.29 is 14.6 Å². The summed E-state index contributed by atoms with van der Waals surface area (Å²) in [7, 11) is 4.24. The summed E-state index contributed by atoms with van der Waals surface area (Å²) in [6.45, 7) is 0.696. The Labute approximate surface area is 192 Å². The van der Waals surface area contributed by atoms with Crippen LogP contribution in [-0.2, 0) is 18.8 Å². The molecule has 2 aliphatic rings. The Bertz CT molecular complexity index is 1150. The molecule has 7 heteroatoms. The summed E-state index contributed by atoms with van der Waals surface area (Å²) < 4.78 is 17.5. The van der Waals surface area contributed by atoms with Gasteiger partial charge in [-0.05, 0) is 58.7 Å². The Kier molecular flexibility index (Phi) is 5.75. The topological polar surface area (TPSA) is 58.3 Å². The molecule has 0 amide bonds. The minimum absolute atomic E-state index is 0.205. The maximum atomic E-state index is 15.5. The molecule has 1 fully saturated rings. The molecule has 1 saturated carbocycles. The van der Waals surface area contributed by atoms with E-state index in [4.69, 9.17) is 0 Å². The predicted molar refractivity (Wildman–Crippen MR) is 132 cm³/mol. The van der Waals surface area contributed by atoms with E-state index in [9.17, 15) is 10.2 Å². The quantitative estimate of drug-likeness (QED) is 0.504. The van der Waals surface area contributed by atoms with E-state index >= 15 is 4.39 Å². The fraction of sp³-hybridized carbons (Fsp3) is 0.400. The van der Waals surface area contributed by atoms with Gasteiger partial charge in [0, 0.05) is 23.9 Å². The third kappa shape index (κ3) is 3.55. The highest BCUT2D eigenvalue weighted by Gasteiger charge is 2.54. The zero-order chi connectivity index (χ0) is 22.5. The smallest absolute Gasteiger partial charge is 0.172 e. The maximum Gasteiger partial charge on any atom is 0.172 e. The molecular weight excluding hydrogens is 441 g/mol. The van der Waals surface area contributed by atoms with Gasteiger partial charge < -0.3 is 10.2 Å². The van der Waals surface area contributed by atoms with E-state index in [0.29, 0.717) is 28.2 Å². The number of benzene rings is 2. The minimum atomic E-state index is -2.08. The molecule has 0 saturated heterocycles. The average Bonchev–Trinajstić information content (AvgIpc) is 3.36. The monoisotopic (exact) mass is 470 g/mol. The molecule has 0 spiro atoms. The van der Waals surface area contributed by atoms with Crippen molar-refractivity contribution in [2.24, 2.45) is 5.92 Å². The number of rotatable bonds is 5. The minimum Gasteiger partial charge on any atom is -0.392 e. The lowest BCUT2D eigenvalue weighted by molar-refractivity contribution is 0.0228. The van der Waals surface area contributed by atoms with Crippen molar-refractivity contribution in [1.29, 1.82) is 0 Å². The van der Waals surface area contributed by atoms with Crippen LogP contribution in [0.3, 0.4) is 0 Å². The largest absolute Gasteiger partial charge is 0.392 e. The van der Waals surface area contributed by atoms with Crippen LogP contribution in [0.5, 0.6) is 0 Å². The standard InChI is InChI=1S/C25H29FN2O2P2/c26-25(31,32)24(30)21-9-5-4-8-20(21)23-18(15-29)10-17(11-22(23)24)19-12-27-28(14-19)13-16-6-2-1-3-7-16/h4-5,8-12,14,16,29-30H,1-3,6-7,13,15,31-32H2. The number of halogens is 1. The summed E-state index contributed by atoms with van der Waals surface area (Å²) in [5, 5.41) is 24.4. The molecule has 2 aliphatic carbocycles. The van der Waals surface area contributed by atoms with Crippen LogP contribution in [0.1, 0.15) is 48.8 Å². The summed E-state index contributed by atoms with van der Waals surface area (Å²) in [6, 6.07) is 11.1. The molecular formula is C25H29FN2O2P2. The van der Waals surface area contributed by atoms with Gasteiger partial charge in [-0.2, -0.15) is 5.10 Å². The first kappa shape index (κ1) is 22.2. The zero-order valence-electron chi connectivity index (χ0n) is 18.0. The van der Waals surface area contributed by atoms with E-state index in [1.54, 1.807) is 12.1 Å². The summed E-state index contributed by atoms with van der Waals surface area (Å²) >= 11 is 0. The SMILES string of the molecule is OCc1cc(-c2cnn(CC3CCCCC3)c2)cc2c1-c1ccccc1C2(O)C(F)(P)P. The molecule has 32 heavy (non-hydrogen) atoms. The van der Waals surface area contributed by atoms with Crippen molar-refractivity contribution in [2.75, 3.05) is 0 Å². The van der Waals surface area contributed by atoms with Gasteiger partial charge in [-0.25, -0.2) is 4.39 Å². The number of aliphatic hydroxyl groups is 2. The Hall–Kier alpha value is -1.64. The second-order valence-corrected chi connectivity index (χ2v) is 11.5. The van der Waals surface area contributed by atoms with Crippen LogP contribution in [0.4, 0.5) is 4.39 Å². The Morgan fingerprint density at radius 3 is 2.56 bits per heavy atom. The van der Waals surface area contributed by atoms with Crippen molar-refractivity contribution in [3.8, 4) is 22.3 Å². The van der Waals surface area contributed by atoms with Gasteiger partial charge in [0.05, 0.1) is 12.8 Å². The van der Waals surface area contributed by atoms with E-state index < -0.39 is 10.8 Å². The summed E-state index contributed by atoms with van der Waals surface area (Å²) in [5.74, 6) is 0.658. The van der Waals surface area contributed by atoms with Crippen molar-refractivity contribution in [3.05, 3.63) is 65.5 Å². The number of hydrogen-bond acceptors (Lipinski definition) is 3. The summed E-state index contributed by atoms with van der Waals surface area (Å²) in [5.41, 5.74) is 2.93. The van der Waals surface area contributed by atoms with Gasteiger partial charge in [0.2, 0.25) is 0 Å². The van der Waals surface area contributed by atoms with Crippen LogP contribution in [0.15, 0.2) is 48.8 Å². The first-order valence-corrected chi connectivity index (χ1v) is 12.4. The molecule has 168 valence electrons. The molecule has 2 aromatic carbocycles. The number of aromatic nitrogens is 2. The van der Waals surface area contributed by atoms with Gasteiger partial charge in [-0.15, -0.1) is 0 Å². The van der Waals surface area contributed by atoms with E-state index in [2.05, 4.69) is 23.6 Å². The van der Waals surface area contributed by atoms with E-state index in [1.807, 2.05) is 41.3 Å².